The fraction of sp³-hybridized carbons (Fsp3) is 0.400. The van der Waals surface area contributed by atoms with E-state index in [9.17, 15) is 8.42 Å². The first-order valence-corrected chi connectivity index (χ1v) is 7.02. The molecule has 0 aromatic heterocycles. The van der Waals surface area contributed by atoms with Crippen molar-refractivity contribution in [3.8, 4) is 0 Å². The Hall–Kier alpha value is -0.980. The van der Waals surface area contributed by atoms with Crippen LogP contribution in [-0.2, 0) is 14.8 Å². The summed E-state index contributed by atoms with van der Waals surface area (Å²) in [6, 6.07) is 4.63. The quantitative estimate of drug-likeness (QED) is 0.613. The number of benzene rings is 1. The maximum absolute atomic E-state index is 11.7. The van der Waals surface area contributed by atoms with Crippen LogP contribution in [0, 0.1) is 0 Å². The highest BCUT2D eigenvalue weighted by Gasteiger charge is 2.12. The molecule has 0 aliphatic heterocycles. The third-order valence-corrected chi connectivity index (χ3v) is 3.70. The Kier molecular flexibility index (Phi) is 5.04. The third kappa shape index (κ3) is 4.80. The average Bonchev–Trinajstić information content (AvgIpc) is 2.23. The normalized spacial score (nSPS) is 11.4. The van der Waals surface area contributed by atoms with Gasteiger partial charge in [0.15, 0.2) is 0 Å². The van der Waals surface area contributed by atoms with Crippen LogP contribution in [0.5, 0.6) is 0 Å². The molecule has 1 aromatic rings. The molecule has 0 heterocycles. The van der Waals surface area contributed by atoms with E-state index in [1.54, 1.807) is 12.1 Å². The van der Waals surface area contributed by atoms with Crippen molar-refractivity contribution in [2.75, 3.05) is 29.9 Å². The second-order valence-electron chi connectivity index (χ2n) is 3.51. The van der Waals surface area contributed by atoms with Crippen molar-refractivity contribution in [2.24, 2.45) is 0 Å². The van der Waals surface area contributed by atoms with Crippen LogP contribution >= 0.6 is 11.6 Å². The molecule has 5 nitrogen and oxygen atoms in total. The number of rotatable bonds is 6. The summed E-state index contributed by atoms with van der Waals surface area (Å²) in [6.07, 6.45) is 0.422. The molecule has 0 spiro atoms. The molecule has 0 saturated heterocycles. The number of nitrogens with one attached hydrogen (secondary N) is 1. The SMILES string of the molecule is COCCCS(=O)(=O)Nc1cc(N)ccc1Cl. The number of halogens is 1. The van der Waals surface area contributed by atoms with E-state index in [4.69, 9.17) is 22.1 Å². The van der Waals surface area contributed by atoms with Crippen LogP contribution in [0.15, 0.2) is 18.2 Å². The van der Waals surface area contributed by atoms with E-state index in [2.05, 4.69) is 4.72 Å². The number of hydrogen-bond donors (Lipinski definition) is 2. The highest BCUT2D eigenvalue weighted by atomic mass is 35.5. The van der Waals surface area contributed by atoms with Gasteiger partial charge in [0.25, 0.3) is 0 Å². The second kappa shape index (κ2) is 6.09. The molecule has 3 N–H and O–H groups in total. The molecule has 7 heteroatoms. The van der Waals surface area contributed by atoms with Crippen LogP contribution in [0.1, 0.15) is 6.42 Å². The lowest BCUT2D eigenvalue weighted by Crippen LogP contribution is -2.18. The number of nitrogen functional groups attached to an aromatic ring is 1. The van der Waals surface area contributed by atoms with Crippen molar-refractivity contribution in [3.63, 3.8) is 0 Å². The number of methoxy groups -OCH3 is 1. The Labute approximate surface area is 106 Å². The maximum Gasteiger partial charge on any atom is 0.232 e. The minimum Gasteiger partial charge on any atom is -0.399 e. The molecule has 0 bridgehead atoms. The van der Waals surface area contributed by atoms with Gasteiger partial charge in [-0.05, 0) is 24.6 Å². The number of anilines is 2. The largest absolute Gasteiger partial charge is 0.399 e. The first-order valence-electron chi connectivity index (χ1n) is 4.99. The van der Waals surface area contributed by atoms with Crippen molar-refractivity contribution in [3.05, 3.63) is 23.2 Å². The van der Waals surface area contributed by atoms with Gasteiger partial charge in [-0.3, -0.25) is 4.72 Å². The van der Waals surface area contributed by atoms with Gasteiger partial charge >= 0.3 is 0 Å². The minimum absolute atomic E-state index is 0.0219. The molecular weight excluding hydrogens is 264 g/mol. The third-order valence-electron chi connectivity index (χ3n) is 2.02. The zero-order chi connectivity index (χ0) is 12.9. The molecule has 0 amide bonds. The Bertz CT molecular complexity index is 476. The van der Waals surface area contributed by atoms with Gasteiger partial charge in [-0.25, -0.2) is 8.42 Å². The van der Waals surface area contributed by atoms with Crippen LogP contribution in [0.3, 0.4) is 0 Å². The molecule has 0 radical (unpaired) electrons. The molecular formula is C10H15ClN2O3S. The lowest BCUT2D eigenvalue weighted by atomic mass is 10.3. The first-order chi connectivity index (χ1) is 7.94. The van der Waals surface area contributed by atoms with Crippen LogP contribution in [0.25, 0.3) is 0 Å². The minimum atomic E-state index is -3.42. The molecule has 0 atom stereocenters. The van der Waals surface area contributed by atoms with Crippen molar-refractivity contribution in [2.45, 2.75) is 6.42 Å². The molecule has 1 aromatic carbocycles. The lowest BCUT2D eigenvalue weighted by molar-refractivity contribution is 0.199. The predicted molar refractivity (Wildman–Crippen MR) is 69.8 cm³/mol. The second-order valence-corrected chi connectivity index (χ2v) is 5.76. The van der Waals surface area contributed by atoms with Gasteiger partial charge in [-0.2, -0.15) is 0 Å². The van der Waals surface area contributed by atoms with Gasteiger partial charge in [0, 0.05) is 19.4 Å². The lowest BCUT2D eigenvalue weighted by Gasteiger charge is -2.09. The fourth-order valence-electron chi connectivity index (χ4n) is 1.23. The maximum atomic E-state index is 11.7. The van der Waals surface area contributed by atoms with Crippen LogP contribution in [-0.4, -0.2) is 27.9 Å². The van der Waals surface area contributed by atoms with Gasteiger partial charge in [0.05, 0.1) is 16.5 Å². The summed E-state index contributed by atoms with van der Waals surface area (Å²) in [6.45, 7) is 0.394. The zero-order valence-corrected chi connectivity index (χ0v) is 11.0. The summed E-state index contributed by atoms with van der Waals surface area (Å²) in [4.78, 5) is 0. The van der Waals surface area contributed by atoms with Gasteiger partial charge in [0.1, 0.15) is 0 Å². The summed E-state index contributed by atoms with van der Waals surface area (Å²) >= 11 is 5.86. The molecule has 17 heavy (non-hydrogen) atoms. The Balaban J connectivity index is 2.72. The molecule has 0 unspecified atom stereocenters. The van der Waals surface area contributed by atoms with Crippen LogP contribution in [0.4, 0.5) is 11.4 Å². The van der Waals surface area contributed by atoms with E-state index in [-0.39, 0.29) is 5.75 Å². The monoisotopic (exact) mass is 278 g/mol. The smallest absolute Gasteiger partial charge is 0.232 e. The van der Waals surface area contributed by atoms with Crippen molar-refractivity contribution in [1.29, 1.82) is 0 Å². The number of hydrogen-bond acceptors (Lipinski definition) is 4. The van der Waals surface area contributed by atoms with Crippen LogP contribution < -0.4 is 10.5 Å². The van der Waals surface area contributed by atoms with Gasteiger partial charge in [-0.15, -0.1) is 0 Å². The van der Waals surface area contributed by atoms with Crippen molar-refractivity contribution in [1.82, 2.24) is 0 Å². The molecule has 1 rings (SSSR count). The molecule has 0 aliphatic rings. The Morgan fingerprint density at radius 2 is 2.18 bits per heavy atom. The number of nitrogens with two attached hydrogens (primary N) is 1. The fourth-order valence-corrected chi connectivity index (χ4v) is 2.56. The molecule has 0 fully saturated rings. The van der Waals surface area contributed by atoms with E-state index >= 15 is 0 Å². The Morgan fingerprint density at radius 3 is 2.82 bits per heavy atom. The molecule has 0 aliphatic carbocycles. The van der Waals surface area contributed by atoms with E-state index in [0.29, 0.717) is 29.4 Å². The average molecular weight is 279 g/mol. The van der Waals surface area contributed by atoms with Gasteiger partial charge in [-0.1, -0.05) is 11.6 Å². The highest BCUT2D eigenvalue weighted by molar-refractivity contribution is 7.92. The number of ether oxygens (including phenoxy) is 1. The standard InChI is InChI=1S/C10H15ClN2O3S/c1-16-5-2-6-17(14,15)13-10-7-8(12)3-4-9(10)11/h3-4,7,13H,2,5-6,12H2,1H3. The van der Waals surface area contributed by atoms with Crippen LogP contribution in [0.2, 0.25) is 5.02 Å². The summed E-state index contributed by atoms with van der Waals surface area (Å²) in [5, 5.41) is 0.314. The molecule has 0 saturated carbocycles. The summed E-state index contributed by atoms with van der Waals surface area (Å²) in [5.41, 5.74) is 6.30. The molecule has 96 valence electrons. The van der Waals surface area contributed by atoms with Crippen molar-refractivity contribution < 1.29 is 13.2 Å². The van der Waals surface area contributed by atoms with E-state index in [1.165, 1.54) is 13.2 Å². The summed E-state index contributed by atoms with van der Waals surface area (Å²) in [5.74, 6) is -0.0219. The van der Waals surface area contributed by atoms with E-state index in [1.807, 2.05) is 0 Å². The predicted octanol–water partition coefficient (Wildman–Crippen LogP) is 1.70. The Morgan fingerprint density at radius 1 is 1.47 bits per heavy atom. The topological polar surface area (TPSA) is 81.4 Å². The van der Waals surface area contributed by atoms with Gasteiger partial charge < -0.3 is 10.5 Å². The zero-order valence-electron chi connectivity index (χ0n) is 9.44. The van der Waals surface area contributed by atoms with E-state index in [0.717, 1.165) is 0 Å². The summed E-state index contributed by atoms with van der Waals surface area (Å²) in [7, 11) is -1.89. The summed E-state index contributed by atoms with van der Waals surface area (Å²) < 4.78 is 30.5. The number of sulfonamides is 1. The van der Waals surface area contributed by atoms with Crippen molar-refractivity contribution >= 4 is 33.0 Å². The van der Waals surface area contributed by atoms with Gasteiger partial charge in [0.2, 0.25) is 10.0 Å². The highest BCUT2D eigenvalue weighted by Crippen LogP contribution is 2.25. The van der Waals surface area contributed by atoms with E-state index < -0.39 is 10.0 Å². The first kappa shape index (κ1) is 14.1.